The topological polar surface area (TPSA) is 88.6 Å². The highest BCUT2D eigenvalue weighted by molar-refractivity contribution is 6.04. The third-order valence-electron chi connectivity index (χ3n) is 4.60. The number of carbonyl (C=O) groups excluding carboxylic acids is 1. The van der Waals surface area contributed by atoms with Gasteiger partial charge in [-0.05, 0) is 31.2 Å². The van der Waals surface area contributed by atoms with E-state index in [4.69, 9.17) is 9.57 Å². The second-order valence-electron chi connectivity index (χ2n) is 6.58. The fraction of sp³-hybridized carbons (Fsp3) is 0.250. The van der Waals surface area contributed by atoms with Gasteiger partial charge >= 0.3 is 0 Å². The molecule has 144 valence electrons. The van der Waals surface area contributed by atoms with Crippen molar-refractivity contribution in [3.8, 4) is 5.75 Å². The lowest BCUT2D eigenvalue weighted by molar-refractivity contribution is -0.131. The number of amides is 1. The molecule has 0 fully saturated rings. The summed E-state index contributed by atoms with van der Waals surface area (Å²) in [7, 11) is 1.60. The zero-order valence-corrected chi connectivity index (χ0v) is 15.4. The molecule has 1 aliphatic rings. The monoisotopic (exact) mass is 382 g/mol. The first-order valence-electron chi connectivity index (χ1n) is 8.86. The molecular weight excluding hydrogens is 363 g/mol. The van der Waals surface area contributed by atoms with Crippen LogP contribution in [-0.4, -0.2) is 34.8 Å². The van der Waals surface area contributed by atoms with Gasteiger partial charge in [0.15, 0.2) is 0 Å². The third kappa shape index (κ3) is 3.53. The number of hydrogen-bond acceptors (Lipinski definition) is 5. The number of imidazole rings is 1. The maximum Gasteiger partial charge on any atom is 0.264 e. The number of rotatable bonds is 5. The summed E-state index contributed by atoms with van der Waals surface area (Å²) in [6.45, 7) is 1.83. The van der Waals surface area contributed by atoms with Crippen LogP contribution in [-0.2, 0) is 9.63 Å². The smallest absolute Gasteiger partial charge is 0.264 e. The lowest BCUT2D eigenvalue weighted by Crippen LogP contribution is -2.36. The number of halogens is 1. The molecule has 0 radical (unpaired) electrons. The van der Waals surface area contributed by atoms with Gasteiger partial charge in [-0.2, -0.15) is 0 Å². The van der Waals surface area contributed by atoms with Crippen molar-refractivity contribution in [2.75, 3.05) is 7.11 Å². The van der Waals surface area contributed by atoms with Crippen LogP contribution in [0.2, 0.25) is 0 Å². The first kappa shape index (κ1) is 18.0. The summed E-state index contributed by atoms with van der Waals surface area (Å²) in [5.74, 6) is 0.686. The first-order valence-corrected chi connectivity index (χ1v) is 8.86. The number of benzene rings is 2. The van der Waals surface area contributed by atoms with Crippen molar-refractivity contribution in [3.63, 3.8) is 0 Å². The van der Waals surface area contributed by atoms with E-state index in [0.717, 1.165) is 16.8 Å². The molecule has 1 amide bonds. The predicted octanol–water partition coefficient (Wildman–Crippen LogP) is 3.08. The van der Waals surface area contributed by atoms with E-state index < -0.39 is 6.10 Å². The molecule has 0 unspecified atom stereocenters. The number of carbonyl (C=O) groups is 1. The van der Waals surface area contributed by atoms with Gasteiger partial charge in [0, 0.05) is 18.1 Å². The second kappa shape index (κ2) is 7.30. The highest BCUT2D eigenvalue weighted by Crippen LogP contribution is 2.22. The molecule has 3 aromatic rings. The number of ether oxygens (including phenoxy) is 1. The normalized spacial score (nSPS) is 17.1. The van der Waals surface area contributed by atoms with Gasteiger partial charge in [-0.15, -0.1) is 0 Å². The van der Waals surface area contributed by atoms with E-state index in [-0.39, 0.29) is 24.2 Å². The molecule has 7 nitrogen and oxygen atoms in total. The molecule has 28 heavy (non-hydrogen) atoms. The number of oxime groups is 1. The van der Waals surface area contributed by atoms with E-state index >= 15 is 0 Å². The summed E-state index contributed by atoms with van der Waals surface area (Å²) in [6.07, 6.45) is -0.482. The lowest BCUT2D eigenvalue weighted by Gasteiger charge is -2.14. The van der Waals surface area contributed by atoms with Crippen LogP contribution in [0.3, 0.4) is 0 Å². The number of aromatic nitrogens is 2. The number of hydrogen-bond donors (Lipinski definition) is 2. The molecule has 1 aliphatic heterocycles. The van der Waals surface area contributed by atoms with Crippen molar-refractivity contribution < 1.29 is 18.8 Å². The van der Waals surface area contributed by atoms with Crippen LogP contribution < -0.4 is 10.1 Å². The lowest BCUT2D eigenvalue weighted by atomic mass is 10.0. The summed E-state index contributed by atoms with van der Waals surface area (Å²) >= 11 is 0. The number of nitrogens with one attached hydrogen (secondary N) is 2. The Morgan fingerprint density at radius 2 is 2.21 bits per heavy atom. The van der Waals surface area contributed by atoms with Crippen molar-refractivity contribution in [1.82, 2.24) is 15.3 Å². The molecule has 0 saturated carbocycles. The van der Waals surface area contributed by atoms with Crippen LogP contribution in [0.15, 0.2) is 47.6 Å². The minimum Gasteiger partial charge on any atom is -0.497 e. The molecule has 0 bridgehead atoms. The number of methoxy groups -OCH3 is 1. The van der Waals surface area contributed by atoms with Crippen LogP contribution in [0.5, 0.6) is 5.75 Å². The van der Waals surface area contributed by atoms with E-state index in [1.54, 1.807) is 19.2 Å². The number of nitrogens with zero attached hydrogens (tertiary/aromatic N) is 2. The fourth-order valence-corrected chi connectivity index (χ4v) is 3.07. The van der Waals surface area contributed by atoms with Gasteiger partial charge in [0.1, 0.15) is 17.4 Å². The van der Waals surface area contributed by atoms with Gasteiger partial charge in [0.2, 0.25) is 6.10 Å². The standard InChI is InChI=1S/C20H19FN4O3/c1-11(19-23-15-7-6-14(27-2)9-17(15)24-19)22-20(26)18-10-16(25-28-18)12-4-3-5-13(21)8-12/h3-9,11,18H,10H2,1-2H3,(H,22,26)(H,23,24)/t11-,18+/m0/s1. The zero-order chi connectivity index (χ0) is 19.7. The number of aromatic amines is 1. The Hall–Kier alpha value is -3.42. The van der Waals surface area contributed by atoms with Gasteiger partial charge in [0.05, 0.1) is 29.9 Å². The van der Waals surface area contributed by atoms with Crippen molar-refractivity contribution in [3.05, 3.63) is 59.7 Å². The summed E-state index contributed by atoms with van der Waals surface area (Å²) in [5, 5.41) is 6.81. The Morgan fingerprint density at radius 3 is 3.00 bits per heavy atom. The molecule has 2 heterocycles. The van der Waals surface area contributed by atoms with Crippen molar-refractivity contribution in [1.29, 1.82) is 0 Å². The molecule has 2 atom stereocenters. The van der Waals surface area contributed by atoms with Crippen molar-refractivity contribution in [2.45, 2.75) is 25.5 Å². The fourth-order valence-electron chi connectivity index (χ4n) is 3.07. The van der Waals surface area contributed by atoms with Gasteiger partial charge in [0.25, 0.3) is 5.91 Å². The largest absolute Gasteiger partial charge is 0.497 e. The predicted molar refractivity (Wildman–Crippen MR) is 102 cm³/mol. The van der Waals surface area contributed by atoms with E-state index in [0.29, 0.717) is 17.1 Å². The zero-order valence-electron chi connectivity index (χ0n) is 15.4. The van der Waals surface area contributed by atoms with Crippen LogP contribution in [0.1, 0.15) is 30.8 Å². The average Bonchev–Trinajstić information content (AvgIpc) is 3.34. The number of fused-ring (bicyclic) bond motifs is 1. The van der Waals surface area contributed by atoms with Gasteiger partial charge in [-0.1, -0.05) is 17.3 Å². The number of H-pyrrole nitrogens is 1. The molecule has 8 heteroatoms. The summed E-state index contributed by atoms with van der Waals surface area (Å²) < 4.78 is 18.6. The maximum atomic E-state index is 13.4. The van der Waals surface area contributed by atoms with Crippen LogP contribution in [0.25, 0.3) is 11.0 Å². The quantitative estimate of drug-likeness (QED) is 0.710. The molecule has 0 saturated heterocycles. The Balaban J connectivity index is 1.41. The molecule has 2 aromatic carbocycles. The van der Waals surface area contributed by atoms with E-state index in [2.05, 4.69) is 20.4 Å². The first-order chi connectivity index (χ1) is 13.5. The summed E-state index contributed by atoms with van der Waals surface area (Å²) in [4.78, 5) is 25.5. The summed E-state index contributed by atoms with van der Waals surface area (Å²) in [5.41, 5.74) is 2.76. The van der Waals surface area contributed by atoms with E-state index in [1.165, 1.54) is 12.1 Å². The van der Waals surface area contributed by atoms with Gasteiger partial charge in [-0.25, -0.2) is 9.37 Å². The third-order valence-corrected chi connectivity index (χ3v) is 4.60. The Bertz CT molecular complexity index is 1060. The van der Waals surface area contributed by atoms with Crippen LogP contribution in [0, 0.1) is 5.82 Å². The molecule has 1 aromatic heterocycles. The molecule has 0 aliphatic carbocycles. The van der Waals surface area contributed by atoms with Crippen LogP contribution >= 0.6 is 0 Å². The SMILES string of the molecule is COc1ccc2nc([C@H](C)NC(=O)[C@H]3CC(c4cccc(F)c4)=NO3)[nH]c2c1. The molecular formula is C20H19FN4O3. The molecule has 4 rings (SSSR count). The second-order valence-corrected chi connectivity index (χ2v) is 6.58. The Morgan fingerprint density at radius 1 is 1.36 bits per heavy atom. The molecule has 0 spiro atoms. The van der Waals surface area contributed by atoms with Crippen molar-refractivity contribution in [2.24, 2.45) is 5.16 Å². The molecule has 2 N–H and O–H groups in total. The highest BCUT2D eigenvalue weighted by atomic mass is 19.1. The average molecular weight is 382 g/mol. The van der Waals surface area contributed by atoms with Crippen molar-refractivity contribution >= 4 is 22.7 Å². The Kier molecular flexibility index (Phi) is 4.68. The Labute approximate surface area is 160 Å². The minimum atomic E-state index is -0.759. The van der Waals surface area contributed by atoms with E-state index in [9.17, 15) is 9.18 Å². The van der Waals surface area contributed by atoms with E-state index in [1.807, 2.05) is 25.1 Å². The highest BCUT2D eigenvalue weighted by Gasteiger charge is 2.30. The summed E-state index contributed by atoms with van der Waals surface area (Å²) in [6, 6.07) is 11.2. The van der Waals surface area contributed by atoms with Gasteiger partial charge in [-0.3, -0.25) is 4.79 Å². The maximum absolute atomic E-state index is 13.4. The van der Waals surface area contributed by atoms with Gasteiger partial charge < -0.3 is 19.9 Å². The minimum absolute atomic E-state index is 0.277. The van der Waals surface area contributed by atoms with Crippen LogP contribution in [0.4, 0.5) is 4.39 Å².